The number of nitrogens with zero attached hydrogens (tertiary/aromatic N) is 2. The third kappa shape index (κ3) is 2.55. The zero-order valence-electron chi connectivity index (χ0n) is 10.6. The van der Waals surface area contributed by atoms with E-state index < -0.39 is 0 Å². The lowest BCUT2D eigenvalue weighted by atomic mass is 10.3. The zero-order valence-corrected chi connectivity index (χ0v) is 13.7. The average Bonchev–Trinajstić information content (AvgIpc) is 2.95. The van der Waals surface area contributed by atoms with Gasteiger partial charge < -0.3 is 9.55 Å². The number of hydrogen-bond acceptors (Lipinski definition) is 3. The first kappa shape index (κ1) is 13.9. The Morgan fingerprint density at radius 1 is 1.55 bits per heavy atom. The quantitative estimate of drug-likeness (QED) is 0.709. The Morgan fingerprint density at radius 2 is 2.35 bits per heavy atom. The minimum atomic E-state index is -0.202. The van der Waals surface area contributed by atoms with Crippen LogP contribution in [0.15, 0.2) is 32.8 Å². The molecule has 1 N–H and O–H groups in total. The van der Waals surface area contributed by atoms with Crippen molar-refractivity contribution >= 4 is 49.9 Å². The molecule has 0 bridgehead atoms. The van der Waals surface area contributed by atoms with E-state index in [9.17, 15) is 4.79 Å². The van der Waals surface area contributed by atoms with Crippen LogP contribution in [-0.2, 0) is 6.54 Å². The normalized spacial score (nSPS) is 12.9. The number of thiazole rings is 1. The summed E-state index contributed by atoms with van der Waals surface area (Å²) in [6.45, 7) is 2.45. The predicted octanol–water partition coefficient (Wildman–Crippen LogP) is 3.90. The monoisotopic (exact) mass is 371 g/mol. The number of fused-ring (bicyclic) bond motifs is 1. The van der Waals surface area contributed by atoms with Crippen molar-refractivity contribution in [1.82, 2.24) is 14.5 Å². The smallest absolute Gasteiger partial charge is 0.304 e. The summed E-state index contributed by atoms with van der Waals surface area (Å²) in [4.78, 5) is 18.6. The van der Waals surface area contributed by atoms with Crippen molar-refractivity contribution in [3.63, 3.8) is 0 Å². The molecular weight excluding hydrogens is 362 g/mol. The van der Waals surface area contributed by atoms with Gasteiger partial charge in [-0.3, -0.25) is 4.79 Å². The highest BCUT2D eigenvalue weighted by atomic mass is 79.9. The number of alkyl halides is 1. The molecule has 2 aromatic heterocycles. The number of halogens is 2. The van der Waals surface area contributed by atoms with Crippen molar-refractivity contribution in [1.29, 1.82) is 0 Å². The first-order valence-corrected chi connectivity index (χ1v) is 8.12. The van der Waals surface area contributed by atoms with Crippen LogP contribution >= 0.6 is 38.9 Å². The van der Waals surface area contributed by atoms with Crippen LogP contribution in [0.2, 0.25) is 0 Å². The summed E-state index contributed by atoms with van der Waals surface area (Å²) in [5, 5.41) is 1.63. The Balaban J connectivity index is 2.17. The van der Waals surface area contributed by atoms with Gasteiger partial charge in [-0.2, -0.15) is 0 Å². The van der Waals surface area contributed by atoms with E-state index in [0.717, 1.165) is 38.4 Å². The largest absolute Gasteiger partial charge is 0.321 e. The second-order valence-corrected chi connectivity index (χ2v) is 6.89. The number of benzene rings is 1. The molecule has 0 aliphatic carbocycles. The zero-order chi connectivity index (χ0) is 14.3. The Kier molecular flexibility index (Phi) is 3.70. The molecule has 0 spiro atoms. The lowest BCUT2D eigenvalue weighted by Gasteiger charge is -2.09. The van der Waals surface area contributed by atoms with Crippen molar-refractivity contribution < 1.29 is 0 Å². The third-order valence-corrected chi connectivity index (χ3v) is 4.40. The van der Waals surface area contributed by atoms with E-state index in [2.05, 4.69) is 25.9 Å². The molecule has 0 fully saturated rings. The number of aromatic amines is 1. The van der Waals surface area contributed by atoms with Crippen LogP contribution in [0, 0.1) is 0 Å². The molecule has 4 nitrogen and oxygen atoms in total. The lowest BCUT2D eigenvalue weighted by Crippen LogP contribution is -2.07. The molecule has 0 radical (unpaired) electrons. The molecule has 0 saturated heterocycles. The summed E-state index contributed by atoms with van der Waals surface area (Å²) in [7, 11) is 0. The minimum absolute atomic E-state index is 0.0499. The van der Waals surface area contributed by atoms with Gasteiger partial charge >= 0.3 is 4.87 Å². The molecule has 1 aromatic carbocycles. The van der Waals surface area contributed by atoms with Gasteiger partial charge in [0.15, 0.2) is 0 Å². The Bertz CT molecular complexity index is 820. The molecule has 0 amide bonds. The van der Waals surface area contributed by atoms with Crippen molar-refractivity contribution in [2.45, 2.75) is 18.8 Å². The van der Waals surface area contributed by atoms with E-state index >= 15 is 0 Å². The van der Waals surface area contributed by atoms with E-state index in [1.54, 1.807) is 0 Å². The van der Waals surface area contributed by atoms with Crippen LogP contribution in [0.4, 0.5) is 0 Å². The second kappa shape index (κ2) is 5.35. The highest BCUT2D eigenvalue weighted by molar-refractivity contribution is 9.10. The number of nitrogens with one attached hydrogen (secondary N) is 1. The van der Waals surface area contributed by atoms with E-state index in [0.29, 0.717) is 6.54 Å². The van der Waals surface area contributed by atoms with Crippen molar-refractivity contribution in [3.8, 4) is 0 Å². The highest BCUT2D eigenvalue weighted by Gasteiger charge is 2.16. The van der Waals surface area contributed by atoms with E-state index in [1.165, 1.54) is 0 Å². The Hall–Kier alpha value is -1.11. The minimum Gasteiger partial charge on any atom is -0.321 e. The van der Waals surface area contributed by atoms with Gasteiger partial charge in [0.25, 0.3) is 0 Å². The number of hydrogen-bond donors (Lipinski definition) is 1. The third-order valence-electron chi connectivity index (χ3n) is 2.99. The highest BCUT2D eigenvalue weighted by Crippen LogP contribution is 2.27. The van der Waals surface area contributed by atoms with Crippen molar-refractivity contribution in [3.05, 3.63) is 49.2 Å². The summed E-state index contributed by atoms with van der Waals surface area (Å²) in [6, 6.07) is 5.92. The lowest BCUT2D eigenvalue weighted by molar-refractivity contribution is 0.729. The van der Waals surface area contributed by atoms with Crippen LogP contribution in [0.5, 0.6) is 0 Å². The fourth-order valence-corrected chi connectivity index (χ4v) is 3.23. The molecule has 104 valence electrons. The van der Waals surface area contributed by atoms with Gasteiger partial charge in [-0.05, 0) is 25.1 Å². The molecule has 3 rings (SSSR count). The van der Waals surface area contributed by atoms with Gasteiger partial charge in [-0.15, -0.1) is 11.6 Å². The van der Waals surface area contributed by atoms with Crippen molar-refractivity contribution in [2.24, 2.45) is 0 Å². The predicted molar refractivity (Wildman–Crippen MR) is 85.7 cm³/mol. The fourth-order valence-electron chi connectivity index (χ4n) is 2.15. The SMILES string of the molecule is CC(Cl)c1nc2ccc(Br)cc2n1Cc1csc(=O)[nH]1. The molecule has 0 aliphatic rings. The second-order valence-electron chi connectivity index (χ2n) is 4.48. The molecule has 1 unspecified atom stereocenters. The van der Waals surface area contributed by atoms with E-state index in [1.807, 2.05) is 35.1 Å². The maximum Gasteiger partial charge on any atom is 0.304 e. The van der Waals surface area contributed by atoms with Crippen LogP contribution in [0.1, 0.15) is 23.8 Å². The molecule has 0 saturated carbocycles. The van der Waals surface area contributed by atoms with Gasteiger partial charge in [0.2, 0.25) is 0 Å². The number of imidazole rings is 1. The summed E-state index contributed by atoms with van der Waals surface area (Å²) >= 11 is 10.9. The first-order valence-electron chi connectivity index (χ1n) is 6.01. The maximum absolute atomic E-state index is 11.3. The maximum atomic E-state index is 11.3. The number of aromatic nitrogens is 3. The number of H-pyrrole nitrogens is 1. The molecular formula is C13H11BrClN3OS. The van der Waals surface area contributed by atoms with Gasteiger partial charge in [0, 0.05) is 15.5 Å². The van der Waals surface area contributed by atoms with Gasteiger partial charge in [0.1, 0.15) is 5.82 Å². The summed E-state index contributed by atoms with van der Waals surface area (Å²) < 4.78 is 3.02. The van der Waals surface area contributed by atoms with Gasteiger partial charge in [-0.1, -0.05) is 27.3 Å². The van der Waals surface area contributed by atoms with Crippen LogP contribution in [0.25, 0.3) is 11.0 Å². The molecule has 20 heavy (non-hydrogen) atoms. The fraction of sp³-hybridized carbons (Fsp3) is 0.231. The Morgan fingerprint density at radius 3 is 3.00 bits per heavy atom. The standard InChI is InChI=1S/C13H11BrClN3OS/c1-7(15)12-17-10-3-2-8(14)4-11(10)18(12)5-9-6-20-13(19)16-9/h2-4,6-7H,5H2,1H3,(H,16,19). The number of rotatable bonds is 3. The van der Waals surface area contributed by atoms with Gasteiger partial charge in [0.05, 0.1) is 23.0 Å². The van der Waals surface area contributed by atoms with Crippen LogP contribution < -0.4 is 4.87 Å². The van der Waals surface area contributed by atoms with E-state index in [4.69, 9.17) is 11.6 Å². The molecule has 1 atom stereocenters. The summed E-state index contributed by atoms with van der Waals surface area (Å²) in [6.07, 6.45) is 0. The topological polar surface area (TPSA) is 50.7 Å². The molecule has 7 heteroatoms. The Labute approximate surface area is 132 Å². The van der Waals surface area contributed by atoms with Crippen molar-refractivity contribution in [2.75, 3.05) is 0 Å². The molecule has 0 aliphatic heterocycles. The van der Waals surface area contributed by atoms with Crippen LogP contribution in [0.3, 0.4) is 0 Å². The molecule has 2 heterocycles. The average molecular weight is 373 g/mol. The first-order chi connectivity index (χ1) is 9.54. The van der Waals surface area contributed by atoms with Gasteiger partial charge in [-0.25, -0.2) is 4.98 Å². The van der Waals surface area contributed by atoms with Crippen LogP contribution in [-0.4, -0.2) is 14.5 Å². The summed E-state index contributed by atoms with van der Waals surface area (Å²) in [5.41, 5.74) is 2.75. The molecule has 3 aromatic rings. The van der Waals surface area contributed by atoms with E-state index in [-0.39, 0.29) is 10.3 Å². The summed E-state index contributed by atoms with van der Waals surface area (Å²) in [5.74, 6) is 0.798.